The number of carboxylic acids is 1. The van der Waals surface area contributed by atoms with Gasteiger partial charge < -0.3 is 9.67 Å². The quantitative estimate of drug-likeness (QED) is 0.890. The predicted molar refractivity (Wildman–Crippen MR) is 104 cm³/mol. The van der Waals surface area contributed by atoms with Crippen LogP contribution in [0.5, 0.6) is 0 Å². The number of aryl methyl sites for hydroxylation is 1. The number of piperidine rings is 1. The van der Waals surface area contributed by atoms with Gasteiger partial charge in [-0.05, 0) is 50.8 Å². The van der Waals surface area contributed by atoms with Crippen LogP contribution in [0.15, 0.2) is 24.3 Å². The minimum atomic E-state index is -0.710. The van der Waals surface area contributed by atoms with Gasteiger partial charge in [0, 0.05) is 30.2 Å². The second-order valence-electron chi connectivity index (χ2n) is 8.31. The average Bonchev–Trinajstić information content (AvgIpc) is 2.93. The fourth-order valence-electron chi connectivity index (χ4n) is 5.91. The number of unbranched alkanes of at least 4 members (excludes halogenated alkanes) is 1. The van der Waals surface area contributed by atoms with Gasteiger partial charge >= 0.3 is 5.97 Å². The molecule has 26 heavy (non-hydrogen) atoms. The van der Waals surface area contributed by atoms with Crippen molar-refractivity contribution in [2.45, 2.75) is 57.9 Å². The molecule has 4 rings (SSSR count). The SMILES string of the molecule is CCCC[C@]1(C(=O)O)CCCN2CCc3c(n(C)c4ccccc34)[C@]21C. The molecule has 0 radical (unpaired) electrons. The van der Waals surface area contributed by atoms with E-state index in [-0.39, 0.29) is 0 Å². The Hall–Kier alpha value is -1.81. The maximum Gasteiger partial charge on any atom is 0.311 e. The van der Waals surface area contributed by atoms with Gasteiger partial charge in [0.05, 0.1) is 11.0 Å². The smallest absolute Gasteiger partial charge is 0.311 e. The van der Waals surface area contributed by atoms with E-state index in [1.807, 2.05) is 0 Å². The van der Waals surface area contributed by atoms with Gasteiger partial charge in [-0.25, -0.2) is 0 Å². The molecule has 2 aliphatic heterocycles. The lowest BCUT2D eigenvalue weighted by atomic mass is 9.58. The summed E-state index contributed by atoms with van der Waals surface area (Å²) in [5.74, 6) is -0.615. The highest BCUT2D eigenvalue weighted by Gasteiger charge is 2.61. The van der Waals surface area contributed by atoms with Crippen LogP contribution in [0, 0.1) is 5.41 Å². The summed E-state index contributed by atoms with van der Waals surface area (Å²) < 4.78 is 2.28. The van der Waals surface area contributed by atoms with Crippen LogP contribution in [0.2, 0.25) is 0 Å². The van der Waals surface area contributed by atoms with Crippen molar-refractivity contribution in [3.05, 3.63) is 35.5 Å². The molecule has 2 aliphatic rings. The standard InChI is InChI=1S/C22H30N2O2/c1-4-5-12-22(20(25)26)13-8-14-24-15-11-17-16-9-6-7-10-18(16)23(3)19(17)21(22,24)2/h6-7,9-10H,4-5,8,11-15H2,1-3H3,(H,25,26)/t21-,22+/m0/s1. The maximum absolute atomic E-state index is 12.7. The molecule has 0 aliphatic carbocycles. The summed E-state index contributed by atoms with van der Waals surface area (Å²) in [5.41, 5.74) is 2.67. The number of aliphatic carboxylic acids is 1. The monoisotopic (exact) mass is 354 g/mol. The van der Waals surface area contributed by atoms with Crippen LogP contribution in [0.3, 0.4) is 0 Å². The van der Waals surface area contributed by atoms with Crippen molar-refractivity contribution in [3.8, 4) is 0 Å². The second kappa shape index (κ2) is 6.12. The molecule has 1 N–H and O–H groups in total. The summed E-state index contributed by atoms with van der Waals surface area (Å²) in [5, 5.41) is 11.8. The zero-order valence-electron chi connectivity index (χ0n) is 16.2. The Balaban J connectivity index is 2.01. The number of hydrogen-bond donors (Lipinski definition) is 1. The van der Waals surface area contributed by atoms with Crippen LogP contribution in [-0.4, -0.2) is 33.6 Å². The molecule has 3 heterocycles. The number of para-hydroxylation sites is 1. The molecule has 140 valence electrons. The number of fused-ring (bicyclic) bond motifs is 5. The van der Waals surface area contributed by atoms with E-state index in [1.54, 1.807) is 0 Å². The Bertz CT molecular complexity index is 855. The van der Waals surface area contributed by atoms with E-state index in [0.29, 0.717) is 0 Å². The Morgan fingerprint density at radius 3 is 2.77 bits per heavy atom. The first-order chi connectivity index (χ1) is 12.5. The largest absolute Gasteiger partial charge is 0.481 e. The Labute approximate surface area is 155 Å². The molecule has 1 aromatic heterocycles. The molecule has 0 spiro atoms. The van der Waals surface area contributed by atoms with Gasteiger partial charge in [-0.15, -0.1) is 0 Å². The van der Waals surface area contributed by atoms with Gasteiger partial charge in [0.25, 0.3) is 0 Å². The van der Waals surface area contributed by atoms with Crippen LogP contribution in [0.1, 0.15) is 57.2 Å². The molecule has 0 saturated carbocycles. The summed E-state index contributed by atoms with van der Waals surface area (Å²) in [7, 11) is 2.12. The van der Waals surface area contributed by atoms with Gasteiger partial charge in [0.15, 0.2) is 0 Å². The molecule has 0 unspecified atom stereocenters. The molecule has 1 fully saturated rings. The van der Waals surface area contributed by atoms with E-state index in [9.17, 15) is 9.90 Å². The van der Waals surface area contributed by atoms with Crippen molar-refractivity contribution < 1.29 is 9.90 Å². The normalized spacial score (nSPS) is 28.7. The number of aromatic nitrogens is 1. The lowest BCUT2D eigenvalue weighted by Crippen LogP contribution is -2.65. The van der Waals surface area contributed by atoms with Gasteiger partial charge in [0.1, 0.15) is 0 Å². The first-order valence-corrected chi connectivity index (χ1v) is 10.0. The van der Waals surface area contributed by atoms with E-state index in [4.69, 9.17) is 0 Å². The third-order valence-electron chi connectivity index (χ3n) is 7.27. The zero-order chi connectivity index (χ0) is 18.5. The molecular formula is C22H30N2O2. The van der Waals surface area contributed by atoms with Crippen molar-refractivity contribution in [2.75, 3.05) is 13.1 Å². The molecular weight excluding hydrogens is 324 g/mol. The fourth-order valence-corrected chi connectivity index (χ4v) is 5.91. The van der Waals surface area contributed by atoms with E-state index in [0.717, 1.165) is 51.6 Å². The van der Waals surface area contributed by atoms with Crippen LogP contribution < -0.4 is 0 Å². The highest BCUT2D eigenvalue weighted by Crippen LogP contribution is 2.57. The van der Waals surface area contributed by atoms with Crippen LogP contribution in [0.4, 0.5) is 0 Å². The number of rotatable bonds is 4. The Kier molecular flexibility index (Phi) is 4.14. The van der Waals surface area contributed by atoms with E-state index >= 15 is 0 Å². The zero-order valence-corrected chi connectivity index (χ0v) is 16.2. The molecule has 2 atom stereocenters. The van der Waals surface area contributed by atoms with Crippen molar-refractivity contribution in [1.29, 1.82) is 0 Å². The molecule has 1 aromatic carbocycles. The second-order valence-corrected chi connectivity index (χ2v) is 8.31. The van der Waals surface area contributed by atoms with Crippen molar-refractivity contribution in [2.24, 2.45) is 12.5 Å². The maximum atomic E-state index is 12.7. The molecule has 4 heteroatoms. The van der Waals surface area contributed by atoms with Crippen molar-refractivity contribution in [3.63, 3.8) is 0 Å². The summed E-state index contributed by atoms with van der Waals surface area (Å²) in [6, 6.07) is 8.54. The first kappa shape index (κ1) is 17.6. The van der Waals surface area contributed by atoms with Gasteiger partial charge in [0.2, 0.25) is 0 Å². The van der Waals surface area contributed by atoms with E-state index < -0.39 is 16.9 Å². The first-order valence-electron chi connectivity index (χ1n) is 10.0. The minimum absolute atomic E-state index is 0.451. The lowest BCUT2D eigenvalue weighted by Gasteiger charge is -2.58. The van der Waals surface area contributed by atoms with Crippen LogP contribution in [-0.2, 0) is 23.8 Å². The predicted octanol–water partition coefficient (Wildman–Crippen LogP) is 4.31. The van der Waals surface area contributed by atoms with E-state index in [2.05, 4.69) is 54.6 Å². The third-order valence-corrected chi connectivity index (χ3v) is 7.27. The van der Waals surface area contributed by atoms with E-state index in [1.165, 1.54) is 22.2 Å². The fraction of sp³-hybridized carbons (Fsp3) is 0.591. The number of nitrogens with zero attached hydrogens (tertiary/aromatic N) is 2. The molecule has 0 amide bonds. The highest BCUT2D eigenvalue weighted by atomic mass is 16.4. The topological polar surface area (TPSA) is 45.5 Å². The number of carboxylic acid groups (broad SMARTS) is 1. The number of benzene rings is 1. The van der Waals surface area contributed by atoms with Gasteiger partial charge in [-0.1, -0.05) is 38.0 Å². The van der Waals surface area contributed by atoms with Crippen LogP contribution >= 0.6 is 0 Å². The summed E-state index contributed by atoms with van der Waals surface area (Å²) in [6.45, 7) is 6.33. The molecule has 1 saturated heterocycles. The number of hydrogen-bond acceptors (Lipinski definition) is 2. The third kappa shape index (κ3) is 2.08. The highest BCUT2D eigenvalue weighted by molar-refractivity contribution is 5.87. The lowest BCUT2D eigenvalue weighted by molar-refractivity contribution is -0.171. The van der Waals surface area contributed by atoms with Crippen molar-refractivity contribution in [1.82, 2.24) is 9.47 Å². The number of carbonyl (C=O) groups is 1. The average molecular weight is 354 g/mol. The van der Waals surface area contributed by atoms with Gasteiger partial charge in [-0.3, -0.25) is 9.69 Å². The summed E-state index contributed by atoms with van der Waals surface area (Å²) in [4.78, 5) is 15.2. The molecule has 0 bridgehead atoms. The summed E-state index contributed by atoms with van der Waals surface area (Å²) >= 11 is 0. The minimum Gasteiger partial charge on any atom is -0.481 e. The molecule has 4 nitrogen and oxygen atoms in total. The summed E-state index contributed by atoms with van der Waals surface area (Å²) in [6.07, 6.45) is 5.52. The van der Waals surface area contributed by atoms with Crippen molar-refractivity contribution >= 4 is 16.9 Å². The Morgan fingerprint density at radius 2 is 2.04 bits per heavy atom. The Morgan fingerprint density at radius 1 is 1.27 bits per heavy atom. The van der Waals surface area contributed by atoms with Crippen LogP contribution in [0.25, 0.3) is 10.9 Å². The van der Waals surface area contributed by atoms with Gasteiger partial charge in [-0.2, -0.15) is 0 Å². The molecule has 2 aromatic rings.